The fraction of sp³-hybridized carbons (Fsp3) is 0.200. The van der Waals surface area contributed by atoms with E-state index < -0.39 is 0 Å². The molecule has 1 unspecified atom stereocenters. The highest BCUT2D eigenvalue weighted by molar-refractivity contribution is 5.94. The number of rotatable bonds is 4. The van der Waals surface area contributed by atoms with Gasteiger partial charge >= 0.3 is 0 Å². The van der Waals surface area contributed by atoms with Crippen LogP contribution in [0.1, 0.15) is 18.4 Å². The molecule has 0 fully saturated rings. The van der Waals surface area contributed by atoms with Crippen molar-refractivity contribution in [2.24, 2.45) is 0 Å². The second kappa shape index (κ2) is 6.01. The molecule has 1 heteroatoms. The molecule has 0 amide bonds. The highest BCUT2D eigenvalue weighted by Crippen LogP contribution is 2.27. The Kier molecular flexibility index (Phi) is 3.92. The summed E-state index contributed by atoms with van der Waals surface area (Å²) in [5.41, 5.74) is 2.69. The Bertz CT molecular complexity index is 713. The molecule has 1 atom stereocenters. The average Bonchev–Trinajstić information content (AvgIpc) is 2.55. The molecule has 0 saturated heterocycles. The molecule has 3 aromatic rings. The van der Waals surface area contributed by atoms with Gasteiger partial charge in [-0.2, -0.15) is 0 Å². The molecule has 21 heavy (non-hydrogen) atoms. The summed E-state index contributed by atoms with van der Waals surface area (Å²) >= 11 is 0. The summed E-state index contributed by atoms with van der Waals surface area (Å²) in [6.45, 7) is 3.30. The number of benzene rings is 3. The molecule has 0 aromatic heterocycles. The van der Waals surface area contributed by atoms with E-state index in [1.165, 1.54) is 22.0 Å². The Morgan fingerprint density at radius 3 is 2.29 bits per heavy atom. The van der Waals surface area contributed by atoms with E-state index in [0.29, 0.717) is 5.92 Å². The fourth-order valence-corrected chi connectivity index (χ4v) is 2.94. The maximum absolute atomic E-state index is 2.36. The third-order valence-corrected chi connectivity index (χ3v) is 4.09. The predicted octanol–water partition coefficient (Wildman–Crippen LogP) is 5.08. The Balaban J connectivity index is 1.86. The zero-order chi connectivity index (χ0) is 14.7. The average molecular weight is 275 g/mol. The van der Waals surface area contributed by atoms with Crippen LogP contribution in [0.2, 0.25) is 0 Å². The van der Waals surface area contributed by atoms with E-state index in [2.05, 4.69) is 91.7 Å². The lowest BCUT2D eigenvalue weighted by Gasteiger charge is -2.25. The lowest BCUT2D eigenvalue weighted by Crippen LogP contribution is -2.23. The molecule has 0 N–H and O–H groups in total. The molecule has 0 aliphatic rings. The first-order valence-corrected chi connectivity index (χ1v) is 7.49. The second-order valence-electron chi connectivity index (χ2n) is 5.69. The van der Waals surface area contributed by atoms with Crippen LogP contribution in [0, 0.1) is 0 Å². The molecule has 1 nitrogen and oxygen atoms in total. The van der Waals surface area contributed by atoms with Gasteiger partial charge in [0.05, 0.1) is 0 Å². The summed E-state index contributed by atoms with van der Waals surface area (Å²) in [4.78, 5) is 2.36. The summed E-state index contributed by atoms with van der Waals surface area (Å²) in [5.74, 6) is 0.509. The van der Waals surface area contributed by atoms with Crippen LogP contribution in [0.3, 0.4) is 0 Å². The van der Waals surface area contributed by atoms with Crippen LogP contribution in [0.25, 0.3) is 10.8 Å². The van der Waals surface area contributed by atoms with E-state index >= 15 is 0 Å². The quantitative estimate of drug-likeness (QED) is 0.642. The molecular formula is C20H21N. The molecule has 3 aromatic carbocycles. The first kappa shape index (κ1) is 13.7. The monoisotopic (exact) mass is 275 g/mol. The van der Waals surface area contributed by atoms with Gasteiger partial charge in [-0.25, -0.2) is 0 Å². The standard InChI is InChI=1S/C20H21N/c1-16(17-9-4-3-5-10-17)15-21(2)20-14-8-12-18-11-6-7-13-19(18)20/h3-14,16H,15H2,1-2H3. The van der Waals surface area contributed by atoms with Gasteiger partial charge in [-0.1, -0.05) is 73.7 Å². The van der Waals surface area contributed by atoms with E-state index in [4.69, 9.17) is 0 Å². The minimum Gasteiger partial charge on any atom is -0.373 e. The summed E-state index contributed by atoms with van der Waals surface area (Å²) < 4.78 is 0. The minimum atomic E-state index is 0.509. The van der Waals surface area contributed by atoms with Crippen molar-refractivity contribution in [2.75, 3.05) is 18.5 Å². The fourth-order valence-electron chi connectivity index (χ4n) is 2.94. The molecule has 3 rings (SSSR count). The van der Waals surface area contributed by atoms with Gasteiger partial charge in [-0.05, 0) is 22.9 Å². The first-order chi connectivity index (χ1) is 10.3. The highest BCUT2D eigenvalue weighted by atomic mass is 15.1. The van der Waals surface area contributed by atoms with Crippen LogP contribution < -0.4 is 4.90 Å². The molecule has 0 radical (unpaired) electrons. The van der Waals surface area contributed by atoms with Gasteiger partial charge in [0, 0.05) is 24.7 Å². The predicted molar refractivity (Wildman–Crippen MR) is 92.1 cm³/mol. The summed E-state index contributed by atoms with van der Waals surface area (Å²) in [6.07, 6.45) is 0. The van der Waals surface area contributed by atoms with Gasteiger partial charge in [0.2, 0.25) is 0 Å². The number of hydrogen-bond donors (Lipinski definition) is 0. The maximum Gasteiger partial charge on any atom is 0.0443 e. The Labute approximate surface area is 126 Å². The normalized spacial score (nSPS) is 12.3. The third-order valence-electron chi connectivity index (χ3n) is 4.09. The van der Waals surface area contributed by atoms with E-state index in [1.807, 2.05) is 0 Å². The van der Waals surface area contributed by atoms with Crippen molar-refractivity contribution in [3.63, 3.8) is 0 Å². The SMILES string of the molecule is CC(CN(C)c1cccc2ccccc12)c1ccccc1. The lowest BCUT2D eigenvalue weighted by atomic mass is 10.00. The van der Waals surface area contributed by atoms with E-state index in [0.717, 1.165) is 6.54 Å². The van der Waals surface area contributed by atoms with Crippen LogP contribution >= 0.6 is 0 Å². The van der Waals surface area contributed by atoms with E-state index in [-0.39, 0.29) is 0 Å². The van der Waals surface area contributed by atoms with Crippen molar-refractivity contribution in [1.29, 1.82) is 0 Å². The number of hydrogen-bond acceptors (Lipinski definition) is 1. The van der Waals surface area contributed by atoms with E-state index in [1.54, 1.807) is 0 Å². The van der Waals surface area contributed by atoms with Crippen molar-refractivity contribution in [3.8, 4) is 0 Å². The highest BCUT2D eigenvalue weighted by Gasteiger charge is 2.11. The molecular weight excluding hydrogens is 254 g/mol. The van der Waals surface area contributed by atoms with Gasteiger partial charge in [0.1, 0.15) is 0 Å². The third kappa shape index (κ3) is 2.92. The Hall–Kier alpha value is -2.28. The van der Waals surface area contributed by atoms with Gasteiger partial charge in [0.25, 0.3) is 0 Å². The van der Waals surface area contributed by atoms with Crippen molar-refractivity contribution in [1.82, 2.24) is 0 Å². The molecule has 0 saturated carbocycles. The number of fused-ring (bicyclic) bond motifs is 1. The van der Waals surface area contributed by atoms with Crippen LogP contribution in [0.4, 0.5) is 5.69 Å². The molecule has 0 bridgehead atoms. The summed E-state index contributed by atoms with van der Waals surface area (Å²) in [6, 6.07) is 25.8. The van der Waals surface area contributed by atoms with Gasteiger partial charge < -0.3 is 4.90 Å². The molecule has 106 valence electrons. The zero-order valence-electron chi connectivity index (χ0n) is 12.7. The Morgan fingerprint density at radius 1 is 0.810 bits per heavy atom. The van der Waals surface area contributed by atoms with Gasteiger partial charge in [0.15, 0.2) is 0 Å². The first-order valence-electron chi connectivity index (χ1n) is 7.49. The number of nitrogens with zero attached hydrogens (tertiary/aromatic N) is 1. The van der Waals surface area contributed by atoms with Crippen LogP contribution in [-0.2, 0) is 0 Å². The molecule has 0 heterocycles. The van der Waals surface area contributed by atoms with Gasteiger partial charge in [-0.3, -0.25) is 0 Å². The molecule has 0 aliphatic carbocycles. The van der Waals surface area contributed by atoms with Crippen LogP contribution in [0.5, 0.6) is 0 Å². The van der Waals surface area contributed by atoms with E-state index in [9.17, 15) is 0 Å². The number of likely N-dealkylation sites (N-methyl/N-ethyl adjacent to an activating group) is 1. The largest absolute Gasteiger partial charge is 0.373 e. The van der Waals surface area contributed by atoms with Crippen molar-refractivity contribution in [2.45, 2.75) is 12.8 Å². The summed E-state index contributed by atoms with van der Waals surface area (Å²) in [5, 5.41) is 2.62. The molecule has 0 aliphatic heterocycles. The van der Waals surface area contributed by atoms with Gasteiger partial charge in [-0.15, -0.1) is 0 Å². The zero-order valence-corrected chi connectivity index (χ0v) is 12.7. The van der Waals surface area contributed by atoms with Crippen molar-refractivity contribution in [3.05, 3.63) is 78.4 Å². The smallest absolute Gasteiger partial charge is 0.0443 e. The second-order valence-corrected chi connectivity index (χ2v) is 5.69. The molecule has 0 spiro atoms. The topological polar surface area (TPSA) is 3.24 Å². The van der Waals surface area contributed by atoms with Crippen molar-refractivity contribution < 1.29 is 0 Å². The lowest BCUT2D eigenvalue weighted by molar-refractivity contribution is 0.735. The van der Waals surface area contributed by atoms with Crippen molar-refractivity contribution >= 4 is 16.5 Å². The summed E-state index contributed by atoms with van der Waals surface area (Å²) in [7, 11) is 2.18. The van der Waals surface area contributed by atoms with Crippen LogP contribution in [0.15, 0.2) is 72.8 Å². The van der Waals surface area contributed by atoms with Crippen LogP contribution in [-0.4, -0.2) is 13.6 Å². The Morgan fingerprint density at radius 2 is 1.48 bits per heavy atom. The maximum atomic E-state index is 2.36. The minimum absolute atomic E-state index is 0.509. The number of anilines is 1.